The van der Waals surface area contributed by atoms with Crippen molar-refractivity contribution < 1.29 is 22.7 Å². The van der Waals surface area contributed by atoms with E-state index >= 15 is 0 Å². The van der Waals surface area contributed by atoms with Gasteiger partial charge >= 0.3 is 0 Å². The van der Waals surface area contributed by atoms with Gasteiger partial charge in [-0.15, -0.1) is 0 Å². The lowest BCUT2D eigenvalue weighted by molar-refractivity contribution is -0.140. The van der Waals surface area contributed by atoms with Crippen LogP contribution in [0.15, 0.2) is 71.6 Å². The van der Waals surface area contributed by atoms with Crippen molar-refractivity contribution in [2.75, 3.05) is 20.2 Å². The highest BCUT2D eigenvalue weighted by atomic mass is 35.5. The molecule has 0 bridgehead atoms. The van der Waals surface area contributed by atoms with Gasteiger partial charge in [0.15, 0.2) is 0 Å². The lowest BCUT2D eigenvalue weighted by atomic mass is 10.1. The van der Waals surface area contributed by atoms with Crippen molar-refractivity contribution >= 4 is 45.0 Å². The molecular formula is C31H35Cl2N3O5S. The molecule has 1 aliphatic rings. The number of rotatable bonds is 12. The monoisotopic (exact) mass is 631 g/mol. The van der Waals surface area contributed by atoms with E-state index in [2.05, 4.69) is 5.32 Å². The van der Waals surface area contributed by atoms with Crippen LogP contribution in [-0.2, 0) is 39.1 Å². The molecule has 1 fully saturated rings. The summed E-state index contributed by atoms with van der Waals surface area (Å²) in [5, 5.41) is 3.82. The quantitative estimate of drug-likeness (QED) is 0.287. The third-order valence-electron chi connectivity index (χ3n) is 7.40. The Labute approximate surface area is 257 Å². The molecule has 3 aromatic carbocycles. The summed E-state index contributed by atoms with van der Waals surface area (Å²) >= 11 is 12.2. The largest absolute Gasteiger partial charge is 0.497 e. The first-order chi connectivity index (χ1) is 20.1. The fourth-order valence-electron chi connectivity index (χ4n) is 4.81. The van der Waals surface area contributed by atoms with Gasteiger partial charge < -0.3 is 15.0 Å². The van der Waals surface area contributed by atoms with Gasteiger partial charge in [-0.25, -0.2) is 8.42 Å². The van der Waals surface area contributed by atoms with Crippen LogP contribution >= 0.6 is 23.2 Å². The van der Waals surface area contributed by atoms with Gasteiger partial charge in [-0.3, -0.25) is 9.59 Å². The maximum atomic E-state index is 13.5. The summed E-state index contributed by atoms with van der Waals surface area (Å²) in [6.07, 6.45) is 2.29. The predicted molar refractivity (Wildman–Crippen MR) is 164 cm³/mol. The molecule has 1 atom stereocenters. The summed E-state index contributed by atoms with van der Waals surface area (Å²) in [7, 11) is -1.92. The molecule has 0 aromatic heterocycles. The molecule has 2 amide bonds. The van der Waals surface area contributed by atoms with E-state index in [1.165, 1.54) is 4.31 Å². The second-order valence-electron chi connectivity index (χ2n) is 10.3. The van der Waals surface area contributed by atoms with Crippen molar-refractivity contribution in [3.05, 3.63) is 93.5 Å². The summed E-state index contributed by atoms with van der Waals surface area (Å²) in [5.74, 6) is 0.170. The van der Waals surface area contributed by atoms with Gasteiger partial charge in [-0.05, 0) is 79.3 Å². The highest BCUT2D eigenvalue weighted by Gasteiger charge is 2.28. The number of carbonyl (C=O) groups excluding carboxylic acids is 2. The van der Waals surface area contributed by atoms with E-state index in [9.17, 15) is 18.0 Å². The fraction of sp³-hybridized carbons (Fsp3) is 0.355. The van der Waals surface area contributed by atoms with Gasteiger partial charge in [0.1, 0.15) is 11.8 Å². The van der Waals surface area contributed by atoms with E-state index in [0.717, 1.165) is 24.0 Å². The molecule has 4 rings (SSSR count). The Morgan fingerprint density at radius 3 is 2.24 bits per heavy atom. The average molecular weight is 633 g/mol. The van der Waals surface area contributed by atoms with E-state index in [1.807, 2.05) is 24.3 Å². The zero-order valence-electron chi connectivity index (χ0n) is 23.7. The molecule has 0 aliphatic carbocycles. The summed E-state index contributed by atoms with van der Waals surface area (Å²) in [6, 6.07) is 18.3. The maximum Gasteiger partial charge on any atom is 0.243 e. The first kappa shape index (κ1) is 31.8. The Kier molecular flexibility index (Phi) is 10.9. The third-order valence-corrected chi connectivity index (χ3v) is 9.90. The average Bonchev–Trinajstić information content (AvgIpc) is 3.55. The molecule has 1 saturated heterocycles. The Balaban J connectivity index is 1.44. The molecule has 0 radical (unpaired) electrons. The first-order valence-corrected chi connectivity index (χ1v) is 16.0. The zero-order chi connectivity index (χ0) is 30.3. The summed E-state index contributed by atoms with van der Waals surface area (Å²) in [6.45, 7) is 3.20. The lowest BCUT2D eigenvalue weighted by Gasteiger charge is -2.29. The van der Waals surface area contributed by atoms with Crippen molar-refractivity contribution in [2.45, 2.75) is 56.6 Å². The van der Waals surface area contributed by atoms with Gasteiger partial charge in [0.2, 0.25) is 21.8 Å². The second-order valence-corrected chi connectivity index (χ2v) is 13.0. The Morgan fingerprint density at radius 2 is 1.62 bits per heavy atom. The number of sulfonamides is 1. The van der Waals surface area contributed by atoms with Crippen LogP contribution in [0.3, 0.4) is 0 Å². The summed E-state index contributed by atoms with van der Waals surface area (Å²) in [4.78, 5) is 28.5. The van der Waals surface area contributed by atoms with Crippen LogP contribution < -0.4 is 10.1 Å². The van der Waals surface area contributed by atoms with Gasteiger partial charge in [-0.2, -0.15) is 4.31 Å². The number of hydrogen-bond donors (Lipinski definition) is 1. The SMILES string of the molecule is COc1ccc(CN(C(=O)CCc2ccc(S(=O)(=O)N3CCCC3)cc2)[C@H](C)C(=O)NCc2ccc(Cl)cc2Cl)cc1. The normalized spacial score (nSPS) is 14.4. The van der Waals surface area contributed by atoms with E-state index in [-0.39, 0.29) is 36.2 Å². The van der Waals surface area contributed by atoms with Gasteiger partial charge in [0.05, 0.1) is 12.0 Å². The molecule has 1 aliphatic heterocycles. The zero-order valence-corrected chi connectivity index (χ0v) is 26.0. The number of nitrogens with zero attached hydrogens (tertiary/aromatic N) is 2. The van der Waals surface area contributed by atoms with E-state index < -0.39 is 16.1 Å². The Bertz CT molecular complexity index is 1490. The molecular weight excluding hydrogens is 597 g/mol. The van der Waals surface area contributed by atoms with Crippen molar-refractivity contribution in [2.24, 2.45) is 0 Å². The molecule has 1 N–H and O–H groups in total. The number of aryl methyl sites for hydroxylation is 1. The van der Waals surface area contributed by atoms with E-state index in [1.54, 1.807) is 61.4 Å². The number of hydrogen-bond acceptors (Lipinski definition) is 5. The number of amides is 2. The number of nitrogens with one attached hydrogen (secondary N) is 1. The topological polar surface area (TPSA) is 96.0 Å². The molecule has 0 spiro atoms. The van der Waals surface area contributed by atoms with Crippen molar-refractivity contribution in [1.82, 2.24) is 14.5 Å². The molecule has 224 valence electrons. The second kappa shape index (κ2) is 14.4. The van der Waals surface area contributed by atoms with Crippen LogP contribution in [0.1, 0.15) is 42.9 Å². The highest BCUT2D eigenvalue weighted by molar-refractivity contribution is 7.89. The van der Waals surface area contributed by atoms with Gasteiger partial charge in [0.25, 0.3) is 0 Å². The fourth-order valence-corrected chi connectivity index (χ4v) is 6.80. The first-order valence-electron chi connectivity index (χ1n) is 13.8. The molecule has 3 aromatic rings. The van der Waals surface area contributed by atoms with E-state index in [4.69, 9.17) is 27.9 Å². The van der Waals surface area contributed by atoms with Crippen LogP contribution in [0.5, 0.6) is 5.75 Å². The van der Waals surface area contributed by atoms with Crippen LogP contribution in [0.4, 0.5) is 0 Å². The number of benzene rings is 3. The Hall–Kier alpha value is -3.11. The maximum absolute atomic E-state index is 13.5. The number of methoxy groups -OCH3 is 1. The van der Waals surface area contributed by atoms with Crippen LogP contribution in [0.2, 0.25) is 10.0 Å². The number of carbonyl (C=O) groups is 2. The van der Waals surface area contributed by atoms with Crippen LogP contribution in [0, 0.1) is 0 Å². The van der Waals surface area contributed by atoms with Crippen molar-refractivity contribution in [3.8, 4) is 5.75 Å². The number of halogens is 2. The molecule has 1 heterocycles. The molecule has 42 heavy (non-hydrogen) atoms. The number of ether oxygens (including phenoxy) is 1. The molecule has 0 saturated carbocycles. The predicted octanol–water partition coefficient (Wildman–Crippen LogP) is 5.45. The Morgan fingerprint density at radius 1 is 0.976 bits per heavy atom. The summed E-state index contributed by atoms with van der Waals surface area (Å²) in [5.41, 5.74) is 2.40. The third kappa shape index (κ3) is 8.04. The van der Waals surface area contributed by atoms with Crippen molar-refractivity contribution in [1.29, 1.82) is 0 Å². The highest BCUT2D eigenvalue weighted by Crippen LogP contribution is 2.23. The van der Waals surface area contributed by atoms with Crippen LogP contribution in [-0.4, -0.2) is 55.7 Å². The minimum atomic E-state index is -3.50. The van der Waals surface area contributed by atoms with Crippen LogP contribution in [0.25, 0.3) is 0 Å². The molecule has 0 unspecified atom stereocenters. The molecule has 11 heteroatoms. The molecule has 8 nitrogen and oxygen atoms in total. The van der Waals surface area contributed by atoms with Crippen molar-refractivity contribution in [3.63, 3.8) is 0 Å². The minimum absolute atomic E-state index is 0.148. The minimum Gasteiger partial charge on any atom is -0.497 e. The van der Waals surface area contributed by atoms with Gasteiger partial charge in [-0.1, -0.05) is 53.5 Å². The van der Waals surface area contributed by atoms with Gasteiger partial charge in [0, 0.05) is 42.6 Å². The summed E-state index contributed by atoms with van der Waals surface area (Å²) < 4.78 is 32.4. The smallest absolute Gasteiger partial charge is 0.243 e. The van der Waals surface area contributed by atoms with E-state index in [0.29, 0.717) is 40.9 Å². The standard InChI is InChI=1S/C31H35Cl2N3O5S/c1-22(31(38)34-20-25-10-11-26(32)19-29(25)33)36(21-24-5-12-27(41-2)13-6-24)30(37)16-9-23-7-14-28(15-8-23)42(39,40)35-17-3-4-18-35/h5-8,10-15,19,22H,3-4,9,16-18,20-21H2,1-2H3,(H,34,38)/t22-/m1/s1. The lowest BCUT2D eigenvalue weighted by Crippen LogP contribution is -2.47.